The van der Waals surface area contributed by atoms with Crippen molar-refractivity contribution in [2.24, 2.45) is 0 Å². The summed E-state index contributed by atoms with van der Waals surface area (Å²) in [7, 11) is 0. The molecule has 0 saturated heterocycles. The normalized spacial score (nSPS) is 15.9. The molecule has 24 heavy (non-hydrogen) atoms. The summed E-state index contributed by atoms with van der Waals surface area (Å²) in [6, 6.07) is 13.4. The number of nitrogens with one attached hydrogen (secondary N) is 2. The van der Waals surface area contributed by atoms with E-state index >= 15 is 0 Å². The van der Waals surface area contributed by atoms with Crippen molar-refractivity contribution < 1.29 is 14.3 Å². The summed E-state index contributed by atoms with van der Waals surface area (Å²) in [4.78, 5) is 23.8. The third-order valence-corrected chi connectivity index (χ3v) is 3.91. The summed E-state index contributed by atoms with van der Waals surface area (Å²) < 4.78 is 5.51. The highest BCUT2D eigenvalue weighted by Crippen LogP contribution is 2.30. The van der Waals surface area contributed by atoms with Gasteiger partial charge in [0, 0.05) is 6.54 Å². The van der Waals surface area contributed by atoms with E-state index in [1.54, 1.807) is 19.1 Å². The van der Waals surface area contributed by atoms with Crippen LogP contribution in [0, 0.1) is 6.92 Å². The first-order chi connectivity index (χ1) is 11.5. The first-order valence-electron chi connectivity index (χ1n) is 7.94. The van der Waals surface area contributed by atoms with Crippen LogP contribution in [0.1, 0.15) is 23.6 Å². The Morgan fingerprint density at radius 2 is 2.04 bits per heavy atom. The maximum absolute atomic E-state index is 12.1. The zero-order valence-corrected chi connectivity index (χ0v) is 13.8. The van der Waals surface area contributed by atoms with Crippen LogP contribution in [0.5, 0.6) is 5.75 Å². The molecule has 1 aliphatic heterocycles. The smallest absolute Gasteiger partial charge is 0.265 e. The van der Waals surface area contributed by atoms with E-state index in [0.717, 1.165) is 11.1 Å². The first kappa shape index (κ1) is 16.1. The van der Waals surface area contributed by atoms with Crippen LogP contribution in [0.3, 0.4) is 0 Å². The second-order valence-electron chi connectivity index (χ2n) is 6.02. The van der Waals surface area contributed by atoms with Gasteiger partial charge in [-0.05, 0) is 37.1 Å². The van der Waals surface area contributed by atoms with Crippen LogP contribution in [0.15, 0.2) is 42.5 Å². The predicted octanol–water partition coefficient (Wildman–Crippen LogP) is 2.57. The lowest BCUT2D eigenvalue weighted by Crippen LogP contribution is -2.34. The molecule has 1 atom stereocenters. The van der Waals surface area contributed by atoms with E-state index in [0.29, 0.717) is 18.0 Å². The average Bonchev–Trinajstić information content (AvgIpc) is 2.54. The largest absolute Gasteiger partial charge is 0.479 e. The lowest BCUT2D eigenvalue weighted by atomic mass is 10.1. The molecule has 1 unspecified atom stereocenters. The topological polar surface area (TPSA) is 67.4 Å². The Morgan fingerprint density at radius 1 is 1.21 bits per heavy atom. The van der Waals surface area contributed by atoms with Gasteiger partial charge < -0.3 is 15.4 Å². The number of ether oxygens (including phenoxy) is 1. The molecular formula is C19H20N2O3. The number of benzene rings is 2. The van der Waals surface area contributed by atoms with Crippen LogP contribution in [0.25, 0.3) is 0 Å². The number of anilines is 1. The van der Waals surface area contributed by atoms with Crippen LogP contribution in [-0.2, 0) is 22.6 Å². The molecule has 5 heteroatoms. The van der Waals surface area contributed by atoms with Crippen LogP contribution in [0.4, 0.5) is 5.69 Å². The Hall–Kier alpha value is -2.82. The van der Waals surface area contributed by atoms with E-state index in [1.165, 1.54) is 5.56 Å². The summed E-state index contributed by atoms with van der Waals surface area (Å²) in [5, 5.41) is 5.70. The molecule has 0 aromatic heterocycles. The van der Waals surface area contributed by atoms with E-state index in [-0.39, 0.29) is 18.2 Å². The molecule has 124 valence electrons. The van der Waals surface area contributed by atoms with Crippen molar-refractivity contribution in [3.05, 3.63) is 59.2 Å². The summed E-state index contributed by atoms with van der Waals surface area (Å²) >= 11 is 0. The number of fused-ring (bicyclic) bond motifs is 1. The molecular weight excluding hydrogens is 304 g/mol. The minimum Gasteiger partial charge on any atom is -0.479 e. The average molecular weight is 324 g/mol. The second-order valence-corrected chi connectivity index (χ2v) is 6.02. The van der Waals surface area contributed by atoms with Gasteiger partial charge in [-0.1, -0.05) is 35.9 Å². The number of rotatable bonds is 4. The number of carbonyl (C=O) groups excluding carboxylic acids is 2. The Morgan fingerprint density at radius 3 is 2.83 bits per heavy atom. The quantitative estimate of drug-likeness (QED) is 0.908. The van der Waals surface area contributed by atoms with Gasteiger partial charge in [0.05, 0.1) is 12.1 Å². The van der Waals surface area contributed by atoms with Crippen molar-refractivity contribution in [2.75, 3.05) is 5.32 Å². The summed E-state index contributed by atoms with van der Waals surface area (Å²) in [6.07, 6.45) is -0.245. The molecule has 2 amide bonds. The van der Waals surface area contributed by atoms with Crippen molar-refractivity contribution in [2.45, 2.75) is 32.9 Å². The SMILES string of the molecule is Cc1cccc(CNC(=O)Cc2ccc3c(c2)NC(=O)C(C)O3)c1. The first-order valence-corrected chi connectivity index (χ1v) is 7.94. The number of amides is 2. The fourth-order valence-electron chi connectivity index (χ4n) is 2.64. The molecule has 2 N–H and O–H groups in total. The van der Waals surface area contributed by atoms with E-state index in [4.69, 9.17) is 4.74 Å². The van der Waals surface area contributed by atoms with Crippen molar-refractivity contribution in [3.63, 3.8) is 0 Å². The number of hydrogen-bond donors (Lipinski definition) is 2. The standard InChI is InChI=1S/C19H20N2O3/c1-12-4-3-5-15(8-12)11-20-18(22)10-14-6-7-17-16(9-14)21-19(23)13(2)24-17/h3-9,13H,10-11H2,1-2H3,(H,20,22)(H,21,23). The molecule has 0 radical (unpaired) electrons. The zero-order chi connectivity index (χ0) is 17.1. The monoisotopic (exact) mass is 324 g/mol. The molecule has 0 spiro atoms. The number of aryl methyl sites for hydroxylation is 1. The molecule has 2 aromatic carbocycles. The third kappa shape index (κ3) is 3.74. The lowest BCUT2D eigenvalue weighted by molar-refractivity contribution is -0.122. The maximum Gasteiger partial charge on any atom is 0.265 e. The van der Waals surface area contributed by atoms with Crippen LogP contribution in [-0.4, -0.2) is 17.9 Å². The summed E-state index contributed by atoms with van der Waals surface area (Å²) in [6.45, 7) is 4.23. The highest BCUT2D eigenvalue weighted by molar-refractivity contribution is 5.97. The van der Waals surface area contributed by atoms with Gasteiger partial charge in [-0.15, -0.1) is 0 Å². The number of hydrogen-bond acceptors (Lipinski definition) is 3. The fourth-order valence-corrected chi connectivity index (χ4v) is 2.64. The van der Waals surface area contributed by atoms with Crippen LogP contribution < -0.4 is 15.4 Å². The number of carbonyl (C=O) groups is 2. The van der Waals surface area contributed by atoms with E-state index in [9.17, 15) is 9.59 Å². The molecule has 0 aliphatic carbocycles. The highest BCUT2D eigenvalue weighted by atomic mass is 16.5. The minimum absolute atomic E-state index is 0.0621. The molecule has 0 bridgehead atoms. The molecule has 0 saturated carbocycles. The Bertz CT molecular complexity index is 786. The van der Waals surface area contributed by atoms with E-state index in [1.807, 2.05) is 37.3 Å². The van der Waals surface area contributed by atoms with Gasteiger partial charge >= 0.3 is 0 Å². The van der Waals surface area contributed by atoms with Gasteiger partial charge in [-0.3, -0.25) is 9.59 Å². The van der Waals surface area contributed by atoms with Gasteiger partial charge in [0.2, 0.25) is 5.91 Å². The minimum atomic E-state index is -0.499. The van der Waals surface area contributed by atoms with Gasteiger partial charge in [0.1, 0.15) is 5.75 Å². The lowest BCUT2D eigenvalue weighted by Gasteiger charge is -2.23. The Balaban J connectivity index is 1.61. The van der Waals surface area contributed by atoms with Crippen LogP contribution >= 0.6 is 0 Å². The van der Waals surface area contributed by atoms with Gasteiger partial charge in [-0.2, -0.15) is 0 Å². The molecule has 2 aromatic rings. The second kappa shape index (κ2) is 6.74. The van der Waals surface area contributed by atoms with Crippen LogP contribution in [0.2, 0.25) is 0 Å². The maximum atomic E-state index is 12.1. The summed E-state index contributed by atoms with van der Waals surface area (Å²) in [5.41, 5.74) is 3.68. The highest BCUT2D eigenvalue weighted by Gasteiger charge is 2.23. The van der Waals surface area contributed by atoms with Crippen molar-refractivity contribution >= 4 is 17.5 Å². The van der Waals surface area contributed by atoms with Gasteiger partial charge in [0.25, 0.3) is 5.91 Å². The molecule has 3 rings (SSSR count). The van der Waals surface area contributed by atoms with E-state index < -0.39 is 6.10 Å². The Kier molecular flexibility index (Phi) is 4.51. The van der Waals surface area contributed by atoms with Crippen molar-refractivity contribution in [3.8, 4) is 5.75 Å². The summed E-state index contributed by atoms with van der Waals surface area (Å²) in [5.74, 6) is 0.391. The predicted molar refractivity (Wildman–Crippen MR) is 91.9 cm³/mol. The molecule has 0 fully saturated rings. The van der Waals surface area contributed by atoms with Gasteiger partial charge in [-0.25, -0.2) is 0 Å². The zero-order valence-electron chi connectivity index (χ0n) is 13.8. The molecule has 1 aliphatic rings. The van der Waals surface area contributed by atoms with Crippen molar-refractivity contribution in [1.82, 2.24) is 5.32 Å². The Labute approximate surface area is 141 Å². The van der Waals surface area contributed by atoms with Crippen molar-refractivity contribution in [1.29, 1.82) is 0 Å². The third-order valence-electron chi connectivity index (χ3n) is 3.91. The molecule has 5 nitrogen and oxygen atoms in total. The fraction of sp³-hybridized carbons (Fsp3) is 0.263. The molecule has 1 heterocycles. The van der Waals surface area contributed by atoms with Gasteiger partial charge in [0.15, 0.2) is 6.10 Å². The van der Waals surface area contributed by atoms with E-state index in [2.05, 4.69) is 10.6 Å².